The summed E-state index contributed by atoms with van der Waals surface area (Å²) in [4.78, 5) is 18.0. The Morgan fingerprint density at radius 1 is 0.796 bits per heavy atom. The summed E-state index contributed by atoms with van der Waals surface area (Å²) >= 11 is 3.60. The highest BCUT2D eigenvalue weighted by Crippen LogP contribution is 2.42. The van der Waals surface area contributed by atoms with E-state index >= 15 is 0 Å². The summed E-state index contributed by atoms with van der Waals surface area (Å²) in [5.74, 6) is 0.912. The first kappa shape index (κ1) is 35.9. The van der Waals surface area contributed by atoms with Crippen LogP contribution in [0.15, 0.2) is 89.4 Å². The zero-order valence-electron chi connectivity index (χ0n) is 27.4. The normalized spacial score (nSPS) is 11.1. The second-order valence-corrected chi connectivity index (χ2v) is 12.0. The lowest BCUT2D eigenvalue weighted by molar-refractivity contribution is 0.0489. The van der Waals surface area contributed by atoms with Gasteiger partial charge in [-0.1, -0.05) is 24.3 Å². The minimum absolute atomic E-state index is 0.0265. The summed E-state index contributed by atoms with van der Waals surface area (Å²) in [6, 6.07) is 23.5. The van der Waals surface area contributed by atoms with Crippen molar-refractivity contribution in [1.82, 2.24) is 9.55 Å². The molecule has 0 aliphatic heterocycles. The molecular formula is C38H38BrF2N3O5. The first-order chi connectivity index (χ1) is 23.8. The highest BCUT2D eigenvalue weighted by atomic mass is 79.9. The minimum atomic E-state index is -0.370. The molecule has 2 N–H and O–H groups in total. The lowest BCUT2D eigenvalue weighted by Gasteiger charge is -2.16. The first-order valence-electron chi connectivity index (χ1n) is 15.8. The zero-order chi connectivity index (χ0) is 34.8. The third kappa shape index (κ3) is 8.98. The first-order valence-corrected chi connectivity index (χ1v) is 16.6. The minimum Gasteiger partial charge on any atom is -0.493 e. The summed E-state index contributed by atoms with van der Waals surface area (Å²) in [6.45, 7) is 2.73. The molecule has 1 heterocycles. The number of ether oxygens (including phenoxy) is 4. The SMILES string of the molecule is COc1cc(-c2nc(-c3ccc(F)cc3)c(-c3ccc(F)cc3)n2Cc2ccc(C(=O)CCCOCCOCCN)cc2)cc(Br)c1OC. The molecule has 0 fully saturated rings. The molecule has 0 saturated carbocycles. The number of halogens is 3. The number of methoxy groups -OCH3 is 2. The molecule has 0 amide bonds. The number of rotatable bonds is 17. The third-order valence-electron chi connectivity index (χ3n) is 7.84. The lowest BCUT2D eigenvalue weighted by Crippen LogP contribution is -2.12. The monoisotopic (exact) mass is 733 g/mol. The van der Waals surface area contributed by atoms with Crippen molar-refractivity contribution < 1.29 is 32.5 Å². The number of carbonyl (C=O) groups is 1. The molecule has 8 nitrogen and oxygen atoms in total. The van der Waals surface area contributed by atoms with Gasteiger partial charge in [0.1, 0.15) is 17.5 Å². The van der Waals surface area contributed by atoms with Gasteiger partial charge in [0.25, 0.3) is 0 Å². The van der Waals surface area contributed by atoms with Crippen LogP contribution in [-0.4, -0.2) is 62.5 Å². The van der Waals surface area contributed by atoms with Crippen molar-refractivity contribution in [2.45, 2.75) is 19.4 Å². The van der Waals surface area contributed by atoms with Crippen LogP contribution >= 0.6 is 15.9 Å². The van der Waals surface area contributed by atoms with Crippen LogP contribution in [0.4, 0.5) is 8.78 Å². The van der Waals surface area contributed by atoms with E-state index in [2.05, 4.69) is 15.9 Å². The highest BCUT2D eigenvalue weighted by molar-refractivity contribution is 9.10. The molecule has 0 aliphatic carbocycles. The Balaban J connectivity index is 1.50. The van der Waals surface area contributed by atoms with Gasteiger partial charge in [-0.25, -0.2) is 13.8 Å². The fourth-order valence-electron chi connectivity index (χ4n) is 5.45. The molecule has 5 aromatic rings. The number of aromatic nitrogens is 2. The van der Waals surface area contributed by atoms with Crippen molar-refractivity contribution in [2.24, 2.45) is 5.73 Å². The van der Waals surface area contributed by atoms with Gasteiger partial charge < -0.3 is 29.2 Å². The maximum absolute atomic E-state index is 14.1. The molecule has 49 heavy (non-hydrogen) atoms. The van der Waals surface area contributed by atoms with Gasteiger partial charge in [-0.2, -0.15) is 0 Å². The number of hydrogen-bond donors (Lipinski definition) is 1. The van der Waals surface area contributed by atoms with E-state index in [1.165, 1.54) is 24.3 Å². The van der Waals surface area contributed by atoms with Gasteiger partial charge in [-0.15, -0.1) is 0 Å². The molecule has 4 aromatic carbocycles. The molecular weight excluding hydrogens is 696 g/mol. The van der Waals surface area contributed by atoms with Crippen LogP contribution in [0.25, 0.3) is 33.9 Å². The average Bonchev–Trinajstić information content (AvgIpc) is 3.48. The number of ketones is 1. The number of nitrogens with two attached hydrogens (primary N) is 1. The van der Waals surface area contributed by atoms with E-state index in [9.17, 15) is 13.6 Å². The predicted octanol–water partition coefficient (Wildman–Crippen LogP) is 7.95. The summed E-state index contributed by atoms with van der Waals surface area (Å²) in [6.07, 6.45) is 0.961. The van der Waals surface area contributed by atoms with Gasteiger partial charge in [-0.3, -0.25) is 4.79 Å². The lowest BCUT2D eigenvalue weighted by atomic mass is 10.0. The second kappa shape index (κ2) is 17.3. The Morgan fingerprint density at radius 3 is 2.04 bits per heavy atom. The smallest absolute Gasteiger partial charge is 0.174 e. The van der Waals surface area contributed by atoms with Crippen molar-refractivity contribution >= 4 is 21.7 Å². The summed E-state index contributed by atoms with van der Waals surface area (Å²) in [7, 11) is 3.12. The van der Waals surface area contributed by atoms with Gasteiger partial charge in [0.2, 0.25) is 0 Å². The molecule has 5 rings (SSSR count). The molecule has 11 heteroatoms. The largest absolute Gasteiger partial charge is 0.493 e. The van der Waals surface area contributed by atoms with E-state index in [0.717, 1.165) is 16.7 Å². The van der Waals surface area contributed by atoms with Crippen molar-refractivity contribution in [1.29, 1.82) is 0 Å². The molecule has 0 spiro atoms. The molecule has 0 bridgehead atoms. The third-order valence-corrected chi connectivity index (χ3v) is 8.43. The van der Waals surface area contributed by atoms with E-state index < -0.39 is 0 Å². The Morgan fingerprint density at radius 2 is 1.43 bits per heavy atom. The maximum atomic E-state index is 14.1. The fourth-order valence-corrected chi connectivity index (χ4v) is 6.05. The van der Waals surface area contributed by atoms with Crippen LogP contribution in [0, 0.1) is 11.6 Å². The van der Waals surface area contributed by atoms with E-state index in [1.54, 1.807) is 38.5 Å². The van der Waals surface area contributed by atoms with E-state index in [1.807, 2.05) is 41.0 Å². The number of Topliss-reactive ketones (excluding diaryl/α,β-unsaturated/α-hetero) is 1. The van der Waals surface area contributed by atoms with Gasteiger partial charge in [0.15, 0.2) is 17.3 Å². The van der Waals surface area contributed by atoms with E-state index in [0.29, 0.717) is 96.7 Å². The fraction of sp³-hybridized carbons (Fsp3) is 0.263. The molecule has 0 atom stereocenters. The number of hydrogen-bond acceptors (Lipinski definition) is 7. The van der Waals surface area contributed by atoms with Crippen LogP contribution in [-0.2, 0) is 16.0 Å². The molecule has 0 saturated heterocycles. The van der Waals surface area contributed by atoms with Crippen LogP contribution in [0.3, 0.4) is 0 Å². The number of benzene rings is 4. The Labute approximate surface area is 292 Å². The Bertz CT molecular complexity index is 1850. The van der Waals surface area contributed by atoms with Crippen molar-refractivity contribution in [3.05, 3.63) is 112 Å². The quantitative estimate of drug-likeness (QED) is 0.0766. The highest BCUT2D eigenvalue weighted by Gasteiger charge is 2.24. The van der Waals surface area contributed by atoms with Crippen LogP contribution in [0.2, 0.25) is 0 Å². The summed E-state index contributed by atoms with van der Waals surface area (Å²) in [5, 5.41) is 0. The molecule has 0 aliphatic rings. The molecule has 0 unspecified atom stereocenters. The average molecular weight is 735 g/mol. The Hall–Kier alpha value is -4.42. The van der Waals surface area contributed by atoms with Crippen molar-refractivity contribution in [3.63, 3.8) is 0 Å². The van der Waals surface area contributed by atoms with Gasteiger partial charge in [0.05, 0.1) is 49.9 Å². The van der Waals surface area contributed by atoms with E-state index in [-0.39, 0.29) is 17.4 Å². The Kier molecular flexibility index (Phi) is 12.7. The standard InChI is InChI=1S/C38H38BrF2N3O5/c1-46-34-23-29(22-32(39)37(34)47-2)38-43-35(27-9-13-30(40)14-10-27)36(28-11-15-31(41)16-12-28)44(38)24-25-5-7-26(8-6-25)33(45)4-3-18-48-20-21-49-19-17-42/h5-16,22-23H,3-4,17-21,24,42H2,1-2H3. The predicted molar refractivity (Wildman–Crippen MR) is 189 cm³/mol. The number of nitrogens with zero attached hydrogens (tertiary/aromatic N) is 2. The summed E-state index contributed by atoms with van der Waals surface area (Å²) < 4.78 is 52.9. The summed E-state index contributed by atoms with van der Waals surface area (Å²) in [5.41, 5.74) is 10.4. The van der Waals surface area contributed by atoms with Crippen molar-refractivity contribution in [2.75, 3.05) is 47.2 Å². The van der Waals surface area contributed by atoms with Crippen molar-refractivity contribution in [3.8, 4) is 45.4 Å². The number of imidazole rings is 1. The maximum Gasteiger partial charge on any atom is 0.174 e. The van der Waals surface area contributed by atoms with Crippen LogP contribution in [0.5, 0.6) is 11.5 Å². The van der Waals surface area contributed by atoms with Gasteiger partial charge in [-0.05, 0) is 88.6 Å². The number of carbonyl (C=O) groups excluding carboxylic acids is 1. The van der Waals surface area contributed by atoms with Crippen LogP contribution < -0.4 is 15.2 Å². The topological polar surface area (TPSA) is 97.8 Å². The molecule has 256 valence electrons. The molecule has 1 aromatic heterocycles. The molecule has 0 radical (unpaired) electrons. The van der Waals surface area contributed by atoms with Gasteiger partial charge in [0, 0.05) is 48.4 Å². The second-order valence-electron chi connectivity index (χ2n) is 11.2. The van der Waals surface area contributed by atoms with Gasteiger partial charge >= 0.3 is 0 Å². The van der Waals surface area contributed by atoms with Crippen LogP contribution in [0.1, 0.15) is 28.8 Å². The zero-order valence-corrected chi connectivity index (χ0v) is 29.0. The van der Waals surface area contributed by atoms with E-state index in [4.69, 9.17) is 29.7 Å².